The highest BCUT2D eigenvalue weighted by molar-refractivity contribution is 5.81. The number of nitrogens with zero attached hydrogens (tertiary/aromatic N) is 1. The predicted molar refractivity (Wildman–Crippen MR) is 47.6 cm³/mol. The minimum atomic E-state index is -0.850. The number of carboxylic acids is 1. The van der Waals surface area contributed by atoms with Crippen LogP contribution in [0.5, 0.6) is 0 Å². The van der Waals surface area contributed by atoms with Gasteiger partial charge in [0.2, 0.25) is 5.91 Å². The maximum absolute atomic E-state index is 11.2. The van der Waals surface area contributed by atoms with Crippen LogP contribution in [0.2, 0.25) is 0 Å². The molecular weight excluding hydrogens is 188 g/mol. The molecule has 0 aromatic heterocycles. The molecule has 0 radical (unpaired) electrons. The zero-order valence-electron chi connectivity index (χ0n) is 7.81. The Kier molecular flexibility index (Phi) is 3.84. The number of hydrogen-bond donors (Lipinski definition) is 2. The minimum Gasteiger partial charge on any atom is -0.481 e. The van der Waals surface area contributed by atoms with Gasteiger partial charge in [0.25, 0.3) is 0 Å². The number of carbonyl (C=O) groups is 2. The van der Waals surface area contributed by atoms with Gasteiger partial charge < -0.3 is 20.5 Å². The largest absolute Gasteiger partial charge is 0.481 e. The van der Waals surface area contributed by atoms with Crippen LogP contribution < -0.4 is 5.73 Å². The van der Waals surface area contributed by atoms with Crippen molar-refractivity contribution in [1.29, 1.82) is 0 Å². The van der Waals surface area contributed by atoms with E-state index in [1.54, 1.807) is 0 Å². The Morgan fingerprint density at radius 2 is 2.14 bits per heavy atom. The van der Waals surface area contributed by atoms with E-state index >= 15 is 0 Å². The highest BCUT2D eigenvalue weighted by Gasteiger charge is 2.35. The molecule has 1 fully saturated rings. The third kappa shape index (κ3) is 2.68. The fourth-order valence-corrected chi connectivity index (χ4v) is 1.17. The molecule has 0 spiro atoms. The lowest BCUT2D eigenvalue weighted by Gasteiger charge is -2.36. The molecule has 1 aliphatic heterocycles. The molecule has 3 N–H and O–H groups in total. The predicted octanol–water partition coefficient (Wildman–Crippen LogP) is -1.50. The Labute approximate surface area is 81.6 Å². The normalized spacial score (nSPS) is 16.5. The second-order valence-electron chi connectivity index (χ2n) is 3.18. The Balaban J connectivity index is 2.13. The molecule has 14 heavy (non-hydrogen) atoms. The van der Waals surface area contributed by atoms with Gasteiger partial charge in [-0.2, -0.15) is 0 Å². The van der Waals surface area contributed by atoms with Crippen LogP contribution in [0, 0.1) is 5.92 Å². The SMILES string of the molecule is NCCOCC(=O)N1CC(C(=O)O)C1. The number of amides is 1. The van der Waals surface area contributed by atoms with Gasteiger partial charge in [-0.25, -0.2) is 0 Å². The maximum Gasteiger partial charge on any atom is 0.310 e. The second-order valence-corrected chi connectivity index (χ2v) is 3.18. The van der Waals surface area contributed by atoms with Crippen molar-refractivity contribution in [2.45, 2.75) is 0 Å². The van der Waals surface area contributed by atoms with Gasteiger partial charge in [0.15, 0.2) is 0 Å². The van der Waals surface area contributed by atoms with E-state index in [-0.39, 0.29) is 12.5 Å². The molecule has 80 valence electrons. The van der Waals surface area contributed by atoms with Crippen LogP contribution in [-0.4, -0.2) is 54.7 Å². The summed E-state index contributed by atoms with van der Waals surface area (Å²) >= 11 is 0. The number of carboxylic acid groups (broad SMARTS) is 1. The quantitative estimate of drug-likeness (QED) is 0.529. The number of ether oxygens (including phenoxy) is 1. The standard InChI is InChI=1S/C8H14N2O4/c9-1-2-14-5-7(11)10-3-6(4-10)8(12)13/h6H,1-5,9H2,(H,12,13). The average molecular weight is 202 g/mol. The van der Waals surface area contributed by atoms with Gasteiger partial charge in [-0.15, -0.1) is 0 Å². The van der Waals surface area contributed by atoms with Gasteiger partial charge in [-0.3, -0.25) is 9.59 Å². The summed E-state index contributed by atoms with van der Waals surface area (Å²) < 4.78 is 4.93. The van der Waals surface area contributed by atoms with Crippen molar-refractivity contribution >= 4 is 11.9 Å². The Bertz CT molecular complexity index is 225. The summed E-state index contributed by atoms with van der Waals surface area (Å²) in [6.07, 6.45) is 0. The van der Waals surface area contributed by atoms with Crippen LogP contribution in [0.1, 0.15) is 0 Å². The van der Waals surface area contributed by atoms with E-state index in [0.29, 0.717) is 26.2 Å². The van der Waals surface area contributed by atoms with Crippen LogP contribution in [0.3, 0.4) is 0 Å². The first-order valence-corrected chi connectivity index (χ1v) is 4.43. The Morgan fingerprint density at radius 1 is 1.50 bits per heavy atom. The van der Waals surface area contributed by atoms with E-state index in [4.69, 9.17) is 15.6 Å². The lowest BCUT2D eigenvalue weighted by Crippen LogP contribution is -2.54. The van der Waals surface area contributed by atoms with Gasteiger partial charge in [0.05, 0.1) is 12.5 Å². The summed E-state index contributed by atoms with van der Waals surface area (Å²) in [5.41, 5.74) is 5.17. The molecule has 1 amide bonds. The van der Waals surface area contributed by atoms with Crippen LogP contribution in [-0.2, 0) is 14.3 Å². The first-order chi connectivity index (χ1) is 6.65. The summed E-state index contributed by atoms with van der Waals surface area (Å²) in [4.78, 5) is 23.1. The zero-order chi connectivity index (χ0) is 10.6. The molecule has 1 saturated heterocycles. The van der Waals surface area contributed by atoms with E-state index in [9.17, 15) is 9.59 Å². The molecule has 0 aromatic carbocycles. The maximum atomic E-state index is 11.2. The van der Waals surface area contributed by atoms with E-state index in [1.165, 1.54) is 4.90 Å². The lowest BCUT2D eigenvalue weighted by atomic mass is 10.0. The van der Waals surface area contributed by atoms with Gasteiger partial charge in [-0.1, -0.05) is 0 Å². The van der Waals surface area contributed by atoms with E-state index in [2.05, 4.69) is 0 Å². The van der Waals surface area contributed by atoms with Crippen molar-refractivity contribution in [2.24, 2.45) is 11.7 Å². The summed E-state index contributed by atoms with van der Waals surface area (Å²) in [7, 11) is 0. The number of nitrogens with two attached hydrogens (primary N) is 1. The first kappa shape index (κ1) is 10.9. The lowest BCUT2D eigenvalue weighted by molar-refractivity contribution is -0.154. The van der Waals surface area contributed by atoms with Crippen molar-refractivity contribution in [3.8, 4) is 0 Å². The topological polar surface area (TPSA) is 92.9 Å². The average Bonchev–Trinajstić information content (AvgIpc) is 2.01. The molecular formula is C8H14N2O4. The summed E-state index contributed by atoms with van der Waals surface area (Å²) in [6.45, 7) is 1.30. The fourth-order valence-electron chi connectivity index (χ4n) is 1.17. The second kappa shape index (κ2) is 4.92. The van der Waals surface area contributed by atoms with Crippen molar-refractivity contribution < 1.29 is 19.4 Å². The van der Waals surface area contributed by atoms with Crippen LogP contribution in [0.4, 0.5) is 0 Å². The number of rotatable bonds is 5. The molecule has 0 bridgehead atoms. The molecule has 1 aliphatic rings. The van der Waals surface area contributed by atoms with Gasteiger partial charge in [0.1, 0.15) is 6.61 Å². The van der Waals surface area contributed by atoms with Gasteiger partial charge in [-0.05, 0) is 0 Å². The smallest absolute Gasteiger partial charge is 0.310 e. The molecule has 1 rings (SSSR count). The molecule has 0 aliphatic carbocycles. The van der Waals surface area contributed by atoms with Gasteiger partial charge >= 0.3 is 5.97 Å². The van der Waals surface area contributed by atoms with Crippen molar-refractivity contribution in [3.63, 3.8) is 0 Å². The molecule has 6 nitrogen and oxygen atoms in total. The first-order valence-electron chi connectivity index (χ1n) is 4.43. The van der Waals surface area contributed by atoms with E-state index in [1.807, 2.05) is 0 Å². The number of likely N-dealkylation sites (tertiary alicyclic amines) is 1. The molecule has 0 atom stereocenters. The Hall–Kier alpha value is -1.14. The third-order valence-electron chi connectivity index (χ3n) is 2.07. The molecule has 0 aromatic rings. The van der Waals surface area contributed by atoms with Crippen molar-refractivity contribution in [3.05, 3.63) is 0 Å². The fraction of sp³-hybridized carbons (Fsp3) is 0.750. The summed E-state index contributed by atoms with van der Waals surface area (Å²) in [5.74, 6) is -1.43. The minimum absolute atomic E-state index is 0.0104. The van der Waals surface area contributed by atoms with Crippen molar-refractivity contribution in [2.75, 3.05) is 32.8 Å². The van der Waals surface area contributed by atoms with Crippen LogP contribution in [0.15, 0.2) is 0 Å². The monoisotopic (exact) mass is 202 g/mol. The summed E-state index contributed by atoms with van der Waals surface area (Å²) in [6, 6.07) is 0. The number of hydrogen-bond acceptors (Lipinski definition) is 4. The van der Waals surface area contributed by atoms with Crippen molar-refractivity contribution in [1.82, 2.24) is 4.90 Å². The number of aliphatic carboxylic acids is 1. The van der Waals surface area contributed by atoms with E-state index in [0.717, 1.165) is 0 Å². The third-order valence-corrected chi connectivity index (χ3v) is 2.07. The van der Waals surface area contributed by atoms with E-state index < -0.39 is 11.9 Å². The van der Waals surface area contributed by atoms with Crippen LogP contribution in [0.25, 0.3) is 0 Å². The molecule has 0 unspecified atom stereocenters. The van der Waals surface area contributed by atoms with Crippen LogP contribution >= 0.6 is 0 Å². The molecule has 1 heterocycles. The highest BCUT2D eigenvalue weighted by atomic mass is 16.5. The summed E-state index contributed by atoms with van der Waals surface area (Å²) in [5, 5.41) is 8.56. The number of carbonyl (C=O) groups excluding carboxylic acids is 1. The highest BCUT2D eigenvalue weighted by Crippen LogP contribution is 2.15. The van der Waals surface area contributed by atoms with Gasteiger partial charge in [0, 0.05) is 19.6 Å². The Morgan fingerprint density at radius 3 is 2.64 bits per heavy atom. The zero-order valence-corrected chi connectivity index (χ0v) is 7.81. The molecule has 0 saturated carbocycles. The molecule has 6 heteroatoms.